The molecule has 0 spiro atoms. The number of hydrogen-bond acceptors (Lipinski definition) is 9. The molecule has 1 aromatic rings. The van der Waals surface area contributed by atoms with Crippen LogP contribution in [0.2, 0.25) is 0 Å². The highest BCUT2D eigenvalue weighted by molar-refractivity contribution is 8.15. The molecule has 0 bridgehead atoms. The summed E-state index contributed by atoms with van der Waals surface area (Å²) in [6.45, 7) is 1.95. The molecule has 3 rings (SSSR count). The summed E-state index contributed by atoms with van der Waals surface area (Å²) < 4.78 is 4.61. The van der Waals surface area contributed by atoms with E-state index in [1.165, 1.54) is 7.11 Å². The average molecular weight is 450 g/mol. The molecule has 30 heavy (non-hydrogen) atoms. The second-order valence-corrected chi connectivity index (χ2v) is 8.77. The maximum absolute atomic E-state index is 12.2. The Morgan fingerprint density at radius 2 is 1.80 bits per heavy atom. The molecule has 2 aliphatic heterocycles. The van der Waals surface area contributed by atoms with Crippen LogP contribution in [0.3, 0.4) is 0 Å². The lowest BCUT2D eigenvalue weighted by molar-refractivity contribution is -0.140. The summed E-state index contributed by atoms with van der Waals surface area (Å²) in [5, 5.41) is 14.4. The number of hydrogen-bond donors (Lipinski definition) is 3. The minimum atomic E-state index is -0.646. The normalized spacial score (nSPS) is 23.4. The zero-order valence-electron chi connectivity index (χ0n) is 16.1. The third kappa shape index (κ3) is 5.83. The topological polar surface area (TPSA) is 138 Å². The molecule has 158 valence electrons. The fourth-order valence-corrected chi connectivity index (χ4v) is 4.34. The third-order valence-corrected chi connectivity index (χ3v) is 6.16. The van der Waals surface area contributed by atoms with Crippen LogP contribution < -0.4 is 16.0 Å². The first-order chi connectivity index (χ1) is 14.3. The van der Waals surface area contributed by atoms with Crippen LogP contribution in [-0.2, 0) is 19.1 Å². The number of benzene rings is 1. The molecule has 0 saturated carbocycles. The standard InChI is InChI=1S/C18H19N5O5S2/c1-9-3-5-10(6-4-9)19-13(24)7-12-16(26)21-17(29-12)23-22-15-11(8-14(25)28-2)30-18(27)20-15/h3-6,11-12H,7-8H2,1-2H3,(H,19,24)(H,20,22,27)(H,21,23,26). The minimum absolute atomic E-state index is 0.0302. The minimum Gasteiger partial charge on any atom is -0.469 e. The zero-order valence-corrected chi connectivity index (χ0v) is 17.8. The number of carbonyl (C=O) groups is 4. The Morgan fingerprint density at radius 3 is 2.50 bits per heavy atom. The van der Waals surface area contributed by atoms with E-state index in [0.29, 0.717) is 5.69 Å². The van der Waals surface area contributed by atoms with Gasteiger partial charge in [-0.05, 0) is 19.1 Å². The molecule has 2 atom stereocenters. The molecule has 2 fully saturated rings. The molecule has 2 aliphatic rings. The molecular weight excluding hydrogens is 430 g/mol. The molecule has 0 radical (unpaired) electrons. The van der Waals surface area contributed by atoms with Gasteiger partial charge < -0.3 is 20.7 Å². The predicted molar refractivity (Wildman–Crippen MR) is 115 cm³/mol. The maximum atomic E-state index is 12.2. The van der Waals surface area contributed by atoms with Gasteiger partial charge in [0, 0.05) is 12.1 Å². The largest absolute Gasteiger partial charge is 0.469 e. The number of carbonyl (C=O) groups excluding carboxylic acids is 4. The first kappa shape index (κ1) is 21.8. The molecule has 2 saturated heterocycles. The number of amidine groups is 2. The van der Waals surface area contributed by atoms with Crippen LogP contribution in [0, 0.1) is 6.92 Å². The smallest absolute Gasteiger partial charge is 0.307 e. The Hall–Kier alpha value is -2.86. The van der Waals surface area contributed by atoms with Crippen molar-refractivity contribution in [2.75, 3.05) is 12.4 Å². The second kappa shape index (κ2) is 9.76. The molecule has 3 N–H and O–H groups in total. The van der Waals surface area contributed by atoms with Crippen LogP contribution in [0.5, 0.6) is 0 Å². The monoisotopic (exact) mass is 449 g/mol. The van der Waals surface area contributed by atoms with Gasteiger partial charge in [-0.15, -0.1) is 10.2 Å². The van der Waals surface area contributed by atoms with Crippen molar-refractivity contribution in [2.45, 2.75) is 30.3 Å². The van der Waals surface area contributed by atoms with Crippen LogP contribution in [0.1, 0.15) is 18.4 Å². The molecule has 12 heteroatoms. The third-order valence-electron chi connectivity index (χ3n) is 4.10. The van der Waals surface area contributed by atoms with Gasteiger partial charge in [0.2, 0.25) is 11.8 Å². The summed E-state index contributed by atoms with van der Waals surface area (Å²) in [6.07, 6.45) is -0.0670. The molecule has 0 aromatic heterocycles. The summed E-state index contributed by atoms with van der Waals surface area (Å²) >= 11 is 1.99. The molecule has 3 amide bonds. The summed E-state index contributed by atoms with van der Waals surface area (Å²) in [7, 11) is 1.26. The van der Waals surface area contributed by atoms with Crippen LogP contribution in [0.25, 0.3) is 0 Å². The maximum Gasteiger partial charge on any atom is 0.307 e. The average Bonchev–Trinajstić information content (AvgIpc) is 3.23. The van der Waals surface area contributed by atoms with E-state index in [4.69, 9.17) is 0 Å². The van der Waals surface area contributed by atoms with E-state index in [9.17, 15) is 19.2 Å². The summed E-state index contributed by atoms with van der Waals surface area (Å²) in [6, 6.07) is 7.34. The fourth-order valence-electron chi connectivity index (χ4n) is 2.57. The lowest BCUT2D eigenvalue weighted by Crippen LogP contribution is -2.28. The zero-order chi connectivity index (χ0) is 21.7. The first-order valence-electron chi connectivity index (χ1n) is 8.88. The van der Waals surface area contributed by atoms with Crippen molar-refractivity contribution in [3.8, 4) is 0 Å². The van der Waals surface area contributed by atoms with Crippen LogP contribution >= 0.6 is 23.5 Å². The van der Waals surface area contributed by atoms with Gasteiger partial charge in [0.15, 0.2) is 5.17 Å². The van der Waals surface area contributed by atoms with Crippen molar-refractivity contribution >= 4 is 63.2 Å². The van der Waals surface area contributed by atoms with E-state index >= 15 is 0 Å². The lowest BCUT2D eigenvalue weighted by Gasteiger charge is -2.07. The summed E-state index contributed by atoms with van der Waals surface area (Å²) in [5.41, 5.74) is 1.73. The Bertz CT molecular complexity index is 931. The van der Waals surface area contributed by atoms with E-state index in [0.717, 1.165) is 29.1 Å². The van der Waals surface area contributed by atoms with Gasteiger partial charge >= 0.3 is 5.97 Å². The molecule has 2 heterocycles. The van der Waals surface area contributed by atoms with E-state index in [1.807, 2.05) is 19.1 Å². The van der Waals surface area contributed by atoms with E-state index < -0.39 is 16.5 Å². The van der Waals surface area contributed by atoms with Gasteiger partial charge in [-0.2, -0.15) is 0 Å². The highest BCUT2D eigenvalue weighted by Gasteiger charge is 2.34. The second-order valence-electron chi connectivity index (χ2n) is 6.40. The fraction of sp³-hybridized carbons (Fsp3) is 0.333. The number of methoxy groups -OCH3 is 1. The molecule has 0 aliphatic carbocycles. The van der Waals surface area contributed by atoms with Gasteiger partial charge in [0.1, 0.15) is 11.1 Å². The lowest BCUT2D eigenvalue weighted by atomic mass is 10.2. The quantitative estimate of drug-likeness (QED) is 0.443. The Labute approximate surface area is 180 Å². The predicted octanol–water partition coefficient (Wildman–Crippen LogP) is 1.61. The number of amides is 3. The van der Waals surface area contributed by atoms with Crippen LogP contribution in [0.15, 0.2) is 34.5 Å². The number of esters is 1. The van der Waals surface area contributed by atoms with Crippen molar-refractivity contribution in [2.24, 2.45) is 10.2 Å². The van der Waals surface area contributed by atoms with Crippen LogP contribution in [-0.4, -0.2) is 51.6 Å². The Balaban J connectivity index is 1.58. The highest BCUT2D eigenvalue weighted by Crippen LogP contribution is 2.25. The molecule has 1 aromatic carbocycles. The van der Waals surface area contributed by atoms with Crippen molar-refractivity contribution in [1.82, 2.24) is 10.6 Å². The van der Waals surface area contributed by atoms with Crippen molar-refractivity contribution in [1.29, 1.82) is 0 Å². The van der Waals surface area contributed by atoms with Crippen molar-refractivity contribution in [3.63, 3.8) is 0 Å². The molecule has 2 unspecified atom stereocenters. The van der Waals surface area contributed by atoms with Gasteiger partial charge in [0.25, 0.3) is 5.24 Å². The Kier molecular flexibility index (Phi) is 7.11. The molecular formula is C18H19N5O5S2. The summed E-state index contributed by atoms with van der Waals surface area (Å²) in [5.74, 6) is -0.920. The van der Waals surface area contributed by atoms with Crippen molar-refractivity contribution < 1.29 is 23.9 Å². The molecule has 10 nitrogen and oxygen atoms in total. The van der Waals surface area contributed by atoms with E-state index in [1.54, 1.807) is 12.1 Å². The van der Waals surface area contributed by atoms with Crippen LogP contribution in [0.4, 0.5) is 10.5 Å². The number of aryl methyl sites for hydroxylation is 1. The van der Waals surface area contributed by atoms with Gasteiger partial charge in [-0.25, -0.2) is 0 Å². The summed E-state index contributed by atoms with van der Waals surface area (Å²) in [4.78, 5) is 47.4. The van der Waals surface area contributed by atoms with E-state index in [2.05, 4.69) is 30.9 Å². The Morgan fingerprint density at radius 1 is 1.07 bits per heavy atom. The van der Waals surface area contributed by atoms with Gasteiger partial charge in [0.05, 0.1) is 18.8 Å². The number of ether oxygens (including phenoxy) is 1. The van der Waals surface area contributed by atoms with Crippen molar-refractivity contribution in [3.05, 3.63) is 29.8 Å². The van der Waals surface area contributed by atoms with Gasteiger partial charge in [-0.1, -0.05) is 41.2 Å². The van der Waals surface area contributed by atoms with Gasteiger partial charge in [-0.3, -0.25) is 19.2 Å². The number of rotatable bonds is 6. The first-order valence-corrected chi connectivity index (χ1v) is 10.6. The number of nitrogens with zero attached hydrogens (tertiary/aromatic N) is 2. The number of thioether (sulfide) groups is 2. The number of anilines is 1. The SMILES string of the molecule is COC(=O)CC1SC(=O)N/C1=N/N=C1\NC(=O)C(CC(=O)Nc2ccc(C)cc2)S1. The highest BCUT2D eigenvalue weighted by atomic mass is 32.2. The van der Waals surface area contributed by atoms with E-state index in [-0.39, 0.29) is 40.9 Å². The number of nitrogens with one attached hydrogen (secondary N) is 3.